The van der Waals surface area contributed by atoms with E-state index in [9.17, 15) is 0 Å². The van der Waals surface area contributed by atoms with Crippen molar-refractivity contribution in [3.05, 3.63) is 46.3 Å². The summed E-state index contributed by atoms with van der Waals surface area (Å²) in [5, 5.41) is 3.22. The van der Waals surface area contributed by atoms with Gasteiger partial charge in [0.15, 0.2) is 0 Å². The lowest BCUT2D eigenvalue weighted by Crippen LogP contribution is -1.95. The number of rotatable bonds is 2. The van der Waals surface area contributed by atoms with Crippen LogP contribution in [0, 0.1) is 13.8 Å². The molecular weight excluding hydrogens is 266 g/mol. The summed E-state index contributed by atoms with van der Waals surface area (Å²) in [5.74, 6) is 0.827. The number of nitrogens with one attached hydrogen (secondary N) is 1. The molecule has 0 bridgehead atoms. The van der Waals surface area contributed by atoms with Crippen LogP contribution >= 0.6 is 15.9 Å². The van der Waals surface area contributed by atoms with E-state index in [0.717, 1.165) is 27.1 Å². The number of aromatic nitrogens is 2. The Morgan fingerprint density at radius 3 is 2.62 bits per heavy atom. The van der Waals surface area contributed by atoms with Crippen LogP contribution in [-0.2, 0) is 0 Å². The van der Waals surface area contributed by atoms with E-state index >= 15 is 0 Å². The summed E-state index contributed by atoms with van der Waals surface area (Å²) in [6.07, 6.45) is 5.40. The van der Waals surface area contributed by atoms with Crippen LogP contribution in [0.1, 0.15) is 11.1 Å². The molecule has 2 aromatic heterocycles. The molecule has 0 spiro atoms. The fourth-order valence-corrected chi connectivity index (χ4v) is 1.60. The minimum Gasteiger partial charge on any atom is -0.339 e. The quantitative estimate of drug-likeness (QED) is 0.912. The molecule has 3 nitrogen and oxygen atoms in total. The van der Waals surface area contributed by atoms with E-state index in [1.165, 1.54) is 0 Å². The molecule has 0 saturated heterocycles. The molecule has 0 saturated carbocycles. The average Bonchev–Trinajstić information content (AvgIpc) is 2.24. The van der Waals surface area contributed by atoms with Gasteiger partial charge in [0.05, 0.1) is 11.9 Å². The van der Waals surface area contributed by atoms with Crippen molar-refractivity contribution in [2.75, 3.05) is 5.32 Å². The minimum atomic E-state index is 0.827. The molecule has 0 radical (unpaired) electrons. The Morgan fingerprint density at radius 2 is 1.94 bits per heavy atom. The van der Waals surface area contributed by atoms with Crippen LogP contribution < -0.4 is 5.32 Å². The highest BCUT2D eigenvalue weighted by Crippen LogP contribution is 2.20. The predicted molar refractivity (Wildman–Crippen MR) is 68.9 cm³/mol. The fraction of sp³-hybridized carbons (Fsp3) is 0.167. The minimum absolute atomic E-state index is 0.827. The molecule has 1 N–H and O–H groups in total. The molecule has 2 heterocycles. The maximum atomic E-state index is 4.28. The van der Waals surface area contributed by atoms with Crippen LogP contribution in [0.25, 0.3) is 0 Å². The Balaban J connectivity index is 2.24. The summed E-state index contributed by atoms with van der Waals surface area (Å²) in [6.45, 7) is 4.05. The summed E-state index contributed by atoms with van der Waals surface area (Å²) in [4.78, 5) is 8.40. The predicted octanol–water partition coefficient (Wildman–Crippen LogP) is 3.60. The van der Waals surface area contributed by atoms with Crippen molar-refractivity contribution in [1.82, 2.24) is 9.97 Å². The van der Waals surface area contributed by atoms with Crippen LogP contribution in [-0.4, -0.2) is 9.97 Å². The summed E-state index contributed by atoms with van der Waals surface area (Å²) < 4.78 is 1.01. The number of pyridine rings is 2. The molecule has 0 aliphatic rings. The summed E-state index contributed by atoms with van der Waals surface area (Å²) in [6, 6.07) is 4.03. The molecular formula is C12H12BrN3. The van der Waals surface area contributed by atoms with Crippen molar-refractivity contribution < 1.29 is 0 Å². The third-order valence-corrected chi connectivity index (χ3v) is 3.02. The van der Waals surface area contributed by atoms with Crippen molar-refractivity contribution in [3.8, 4) is 0 Å². The van der Waals surface area contributed by atoms with Crippen molar-refractivity contribution >= 4 is 27.4 Å². The van der Waals surface area contributed by atoms with Gasteiger partial charge in [-0.3, -0.25) is 4.98 Å². The monoisotopic (exact) mass is 277 g/mol. The Kier molecular flexibility index (Phi) is 3.19. The van der Waals surface area contributed by atoms with Crippen LogP contribution in [0.2, 0.25) is 0 Å². The molecule has 4 heteroatoms. The SMILES string of the molecule is Cc1cncc(Nc2cc(C)c(Br)cn2)c1. The molecule has 0 aliphatic carbocycles. The van der Waals surface area contributed by atoms with Gasteiger partial charge in [-0.1, -0.05) is 0 Å². The van der Waals surface area contributed by atoms with E-state index in [1.54, 1.807) is 12.4 Å². The van der Waals surface area contributed by atoms with Crippen molar-refractivity contribution in [2.45, 2.75) is 13.8 Å². The first-order valence-corrected chi connectivity index (χ1v) is 5.75. The van der Waals surface area contributed by atoms with Crippen LogP contribution in [0.3, 0.4) is 0 Å². The molecule has 0 unspecified atom stereocenters. The Labute approximate surface area is 103 Å². The third kappa shape index (κ3) is 2.58. The van der Waals surface area contributed by atoms with E-state index < -0.39 is 0 Å². The molecule has 82 valence electrons. The van der Waals surface area contributed by atoms with Crippen LogP contribution in [0.5, 0.6) is 0 Å². The third-order valence-electron chi connectivity index (χ3n) is 2.19. The Bertz CT molecular complexity index is 511. The molecule has 2 aromatic rings. The second kappa shape index (κ2) is 4.61. The highest BCUT2D eigenvalue weighted by molar-refractivity contribution is 9.10. The zero-order valence-corrected chi connectivity index (χ0v) is 10.7. The van der Waals surface area contributed by atoms with E-state index in [0.29, 0.717) is 0 Å². The normalized spacial score (nSPS) is 10.2. The zero-order valence-electron chi connectivity index (χ0n) is 9.16. The second-order valence-electron chi connectivity index (χ2n) is 3.69. The first-order valence-electron chi connectivity index (χ1n) is 4.96. The standard InChI is InChI=1S/C12H12BrN3/c1-8-3-10(6-14-5-8)16-12-4-9(2)11(13)7-15-12/h3-7H,1-2H3,(H,15,16). The van der Waals surface area contributed by atoms with Crippen LogP contribution in [0.15, 0.2) is 35.2 Å². The molecule has 2 rings (SSSR count). The van der Waals surface area contributed by atoms with Gasteiger partial charge in [0.1, 0.15) is 5.82 Å². The summed E-state index contributed by atoms with van der Waals surface area (Å²) in [7, 11) is 0. The largest absolute Gasteiger partial charge is 0.339 e. The van der Waals surface area contributed by atoms with Gasteiger partial charge in [-0.25, -0.2) is 4.98 Å². The van der Waals surface area contributed by atoms with Gasteiger partial charge in [-0.15, -0.1) is 0 Å². The number of nitrogens with zero attached hydrogens (tertiary/aromatic N) is 2. The van der Waals surface area contributed by atoms with Crippen LogP contribution in [0.4, 0.5) is 11.5 Å². The molecule has 0 atom stereocenters. The van der Waals surface area contributed by atoms with Gasteiger partial charge in [-0.05, 0) is 53.0 Å². The highest BCUT2D eigenvalue weighted by Gasteiger charge is 2.00. The van der Waals surface area contributed by atoms with Gasteiger partial charge in [0.2, 0.25) is 0 Å². The maximum Gasteiger partial charge on any atom is 0.130 e. The van der Waals surface area contributed by atoms with E-state index in [1.807, 2.05) is 32.2 Å². The van der Waals surface area contributed by atoms with Gasteiger partial charge in [0, 0.05) is 16.9 Å². The summed E-state index contributed by atoms with van der Waals surface area (Å²) >= 11 is 3.42. The van der Waals surface area contributed by atoms with Gasteiger partial charge >= 0.3 is 0 Å². The molecule has 0 aliphatic heterocycles. The van der Waals surface area contributed by atoms with Crippen molar-refractivity contribution in [1.29, 1.82) is 0 Å². The lowest BCUT2D eigenvalue weighted by molar-refractivity contribution is 1.23. The number of halogens is 1. The number of hydrogen-bond donors (Lipinski definition) is 1. The first kappa shape index (κ1) is 11.1. The fourth-order valence-electron chi connectivity index (χ4n) is 1.38. The van der Waals surface area contributed by atoms with Crippen molar-refractivity contribution in [3.63, 3.8) is 0 Å². The van der Waals surface area contributed by atoms with E-state index in [2.05, 4.69) is 31.2 Å². The Morgan fingerprint density at radius 1 is 1.12 bits per heavy atom. The lowest BCUT2D eigenvalue weighted by Gasteiger charge is -2.07. The van der Waals surface area contributed by atoms with E-state index in [4.69, 9.17) is 0 Å². The molecule has 0 fully saturated rings. The highest BCUT2D eigenvalue weighted by atomic mass is 79.9. The number of hydrogen-bond acceptors (Lipinski definition) is 3. The Hall–Kier alpha value is -1.42. The number of aryl methyl sites for hydroxylation is 2. The molecule has 16 heavy (non-hydrogen) atoms. The lowest BCUT2D eigenvalue weighted by atomic mass is 10.3. The maximum absolute atomic E-state index is 4.28. The van der Waals surface area contributed by atoms with Crippen molar-refractivity contribution in [2.24, 2.45) is 0 Å². The molecule has 0 amide bonds. The smallest absolute Gasteiger partial charge is 0.130 e. The zero-order chi connectivity index (χ0) is 11.5. The molecule has 0 aromatic carbocycles. The number of anilines is 2. The van der Waals surface area contributed by atoms with Gasteiger partial charge < -0.3 is 5.32 Å². The van der Waals surface area contributed by atoms with Gasteiger partial charge in [0.25, 0.3) is 0 Å². The summed E-state index contributed by atoms with van der Waals surface area (Å²) in [5.41, 5.74) is 3.23. The first-order chi connectivity index (χ1) is 7.65. The topological polar surface area (TPSA) is 37.8 Å². The average molecular weight is 278 g/mol. The van der Waals surface area contributed by atoms with Gasteiger partial charge in [-0.2, -0.15) is 0 Å². The second-order valence-corrected chi connectivity index (χ2v) is 4.55. The van der Waals surface area contributed by atoms with E-state index in [-0.39, 0.29) is 0 Å².